The van der Waals surface area contributed by atoms with E-state index in [2.05, 4.69) is 5.32 Å². The van der Waals surface area contributed by atoms with E-state index in [-0.39, 0.29) is 12.1 Å². The minimum atomic E-state index is -0.787. The van der Waals surface area contributed by atoms with E-state index in [9.17, 15) is 18.4 Å². The van der Waals surface area contributed by atoms with E-state index in [1.165, 1.54) is 14.2 Å². The molecule has 2 rings (SSSR count). The number of amides is 1. The van der Waals surface area contributed by atoms with Crippen LogP contribution < -0.4 is 14.8 Å². The molecule has 0 aliphatic heterocycles. The number of hydrogen-bond acceptors (Lipinski definition) is 5. The van der Waals surface area contributed by atoms with Crippen LogP contribution in [0.15, 0.2) is 36.4 Å². The zero-order valence-corrected chi connectivity index (χ0v) is 14.9. The molecule has 27 heavy (non-hydrogen) atoms. The Morgan fingerprint density at radius 1 is 1.00 bits per heavy atom. The first-order chi connectivity index (χ1) is 12.9. The van der Waals surface area contributed by atoms with Crippen molar-refractivity contribution in [1.82, 2.24) is 0 Å². The summed E-state index contributed by atoms with van der Waals surface area (Å²) in [5.74, 6) is -1.73. The number of carbonyl (C=O) groups is 2. The zero-order chi connectivity index (χ0) is 19.8. The number of esters is 1. The van der Waals surface area contributed by atoms with Crippen molar-refractivity contribution in [3.8, 4) is 11.5 Å². The Morgan fingerprint density at radius 3 is 2.44 bits per heavy atom. The Labute approximate surface area is 155 Å². The molecule has 0 fully saturated rings. The Morgan fingerprint density at radius 2 is 1.74 bits per heavy atom. The Hall–Kier alpha value is -3.16. The molecule has 1 amide bonds. The second-order valence-corrected chi connectivity index (χ2v) is 5.52. The van der Waals surface area contributed by atoms with E-state index in [0.29, 0.717) is 17.9 Å². The number of rotatable bonds is 8. The quantitative estimate of drug-likeness (QED) is 0.714. The van der Waals surface area contributed by atoms with E-state index < -0.39 is 30.1 Å². The summed E-state index contributed by atoms with van der Waals surface area (Å²) >= 11 is 0. The summed E-state index contributed by atoms with van der Waals surface area (Å²) in [6.07, 6.45) is 0.413. The average Bonchev–Trinajstić information content (AvgIpc) is 2.67. The summed E-state index contributed by atoms with van der Waals surface area (Å²) in [7, 11) is 3.03. The van der Waals surface area contributed by atoms with Gasteiger partial charge in [-0.2, -0.15) is 0 Å². The minimum absolute atomic E-state index is 0.0388. The number of nitrogens with one attached hydrogen (secondary N) is 1. The summed E-state index contributed by atoms with van der Waals surface area (Å²) in [5, 5.41) is 2.15. The van der Waals surface area contributed by atoms with Crippen molar-refractivity contribution in [2.75, 3.05) is 26.1 Å². The molecule has 2 aromatic carbocycles. The highest BCUT2D eigenvalue weighted by Crippen LogP contribution is 2.28. The van der Waals surface area contributed by atoms with Crippen molar-refractivity contribution < 1.29 is 32.6 Å². The third-order valence-electron chi connectivity index (χ3n) is 3.63. The van der Waals surface area contributed by atoms with Crippen LogP contribution in [0.1, 0.15) is 12.0 Å². The molecule has 8 heteroatoms. The minimum Gasteiger partial charge on any atom is -0.493 e. The molecular formula is C19H19F2NO5. The van der Waals surface area contributed by atoms with Crippen LogP contribution in [0.4, 0.5) is 14.5 Å². The lowest BCUT2D eigenvalue weighted by Crippen LogP contribution is -2.21. The first kappa shape index (κ1) is 20.2. The molecule has 0 saturated heterocycles. The van der Waals surface area contributed by atoms with Crippen LogP contribution in [0.5, 0.6) is 11.5 Å². The second kappa shape index (κ2) is 9.51. The van der Waals surface area contributed by atoms with Gasteiger partial charge < -0.3 is 19.5 Å². The summed E-state index contributed by atoms with van der Waals surface area (Å²) in [4.78, 5) is 23.5. The number of hydrogen-bond donors (Lipinski definition) is 1. The highest BCUT2D eigenvalue weighted by molar-refractivity contribution is 5.92. The SMILES string of the molecule is COc1ccc(CCC(=O)OCC(=O)Nc2cc(F)ccc2F)cc1OC. The van der Waals surface area contributed by atoms with Gasteiger partial charge in [0.2, 0.25) is 0 Å². The molecular weight excluding hydrogens is 360 g/mol. The Bertz CT molecular complexity index is 826. The van der Waals surface area contributed by atoms with Gasteiger partial charge in [0.15, 0.2) is 18.1 Å². The fourth-order valence-electron chi connectivity index (χ4n) is 2.28. The van der Waals surface area contributed by atoms with Crippen molar-refractivity contribution in [3.05, 3.63) is 53.6 Å². The highest BCUT2D eigenvalue weighted by atomic mass is 19.1. The predicted molar refractivity (Wildman–Crippen MR) is 93.8 cm³/mol. The van der Waals surface area contributed by atoms with Crippen LogP contribution in [0.3, 0.4) is 0 Å². The number of benzene rings is 2. The van der Waals surface area contributed by atoms with Crippen molar-refractivity contribution in [2.24, 2.45) is 0 Å². The normalized spacial score (nSPS) is 10.2. The van der Waals surface area contributed by atoms with E-state index >= 15 is 0 Å². The zero-order valence-electron chi connectivity index (χ0n) is 14.9. The molecule has 0 aromatic heterocycles. The number of aryl methyl sites for hydroxylation is 1. The third kappa shape index (κ3) is 5.95. The maximum absolute atomic E-state index is 13.4. The molecule has 2 aromatic rings. The number of carbonyl (C=O) groups excluding carboxylic acids is 2. The topological polar surface area (TPSA) is 73.9 Å². The molecule has 0 aliphatic carbocycles. The molecule has 0 spiro atoms. The van der Waals surface area contributed by atoms with Gasteiger partial charge in [-0.05, 0) is 36.2 Å². The monoisotopic (exact) mass is 379 g/mol. The van der Waals surface area contributed by atoms with Crippen molar-refractivity contribution in [2.45, 2.75) is 12.8 Å². The lowest BCUT2D eigenvalue weighted by molar-refractivity contribution is -0.147. The van der Waals surface area contributed by atoms with E-state index in [0.717, 1.165) is 23.8 Å². The van der Waals surface area contributed by atoms with Crippen LogP contribution in [-0.2, 0) is 20.7 Å². The third-order valence-corrected chi connectivity index (χ3v) is 3.63. The van der Waals surface area contributed by atoms with Crippen LogP contribution in [0.2, 0.25) is 0 Å². The van der Waals surface area contributed by atoms with Gasteiger partial charge in [-0.15, -0.1) is 0 Å². The van der Waals surface area contributed by atoms with Gasteiger partial charge in [0.1, 0.15) is 11.6 Å². The molecule has 0 atom stereocenters. The van der Waals surface area contributed by atoms with Gasteiger partial charge in [-0.3, -0.25) is 9.59 Å². The fraction of sp³-hybridized carbons (Fsp3) is 0.263. The van der Waals surface area contributed by atoms with Gasteiger partial charge >= 0.3 is 5.97 Å². The first-order valence-corrected chi connectivity index (χ1v) is 8.04. The molecule has 144 valence electrons. The molecule has 0 bridgehead atoms. The lowest BCUT2D eigenvalue weighted by Gasteiger charge is -2.10. The molecule has 0 radical (unpaired) electrons. The number of methoxy groups -OCH3 is 2. The maximum atomic E-state index is 13.4. The van der Waals surface area contributed by atoms with Gasteiger partial charge in [-0.25, -0.2) is 8.78 Å². The summed E-state index contributed by atoms with van der Waals surface area (Å²) in [6.45, 7) is -0.597. The largest absolute Gasteiger partial charge is 0.493 e. The average molecular weight is 379 g/mol. The van der Waals surface area contributed by atoms with Crippen molar-refractivity contribution in [1.29, 1.82) is 0 Å². The summed E-state index contributed by atoms with van der Waals surface area (Å²) < 4.78 is 41.7. The molecule has 0 aliphatic rings. The summed E-state index contributed by atoms with van der Waals surface area (Å²) in [6, 6.07) is 7.91. The molecule has 0 unspecified atom stereocenters. The first-order valence-electron chi connectivity index (χ1n) is 8.04. The Balaban J connectivity index is 1.80. The number of anilines is 1. The van der Waals surface area contributed by atoms with Crippen LogP contribution >= 0.6 is 0 Å². The second-order valence-electron chi connectivity index (χ2n) is 5.52. The van der Waals surface area contributed by atoms with Gasteiger partial charge in [-0.1, -0.05) is 6.07 Å². The molecule has 0 saturated carbocycles. The summed E-state index contributed by atoms with van der Waals surface area (Å²) in [5.41, 5.74) is 0.511. The standard InChI is InChI=1S/C19H19F2NO5/c1-25-16-7-3-12(9-17(16)26-2)4-8-19(24)27-11-18(23)22-15-10-13(20)5-6-14(15)21/h3,5-7,9-10H,4,8,11H2,1-2H3,(H,22,23). The molecule has 0 heterocycles. The van der Waals surface area contributed by atoms with E-state index in [4.69, 9.17) is 14.2 Å². The van der Waals surface area contributed by atoms with Gasteiger partial charge in [0.05, 0.1) is 19.9 Å². The fourth-order valence-corrected chi connectivity index (χ4v) is 2.28. The van der Waals surface area contributed by atoms with E-state index in [1.807, 2.05) is 0 Å². The van der Waals surface area contributed by atoms with Crippen LogP contribution in [0.25, 0.3) is 0 Å². The van der Waals surface area contributed by atoms with Gasteiger partial charge in [0, 0.05) is 12.5 Å². The van der Waals surface area contributed by atoms with Gasteiger partial charge in [0.25, 0.3) is 5.91 Å². The molecule has 1 N–H and O–H groups in total. The maximum Gasteiger partial charge on any atom is 0.306 e. The van der Waals surface area contributed by atoms with Crippen LogP contribution in [0, 0.1) is 11.6 Å². The van der Waals surface area contributed by atoms with E-state index in [1.54, 1.807) is 18.2 Å². The predicted octanol–water partition coefficient (Wildman–Crippen LogP) is 3.10. The van der Waals surface area contributed by atoms with Crippen molar-refractivity contribution >= 4 is 17.6 Å². The van der Waals surface area contributed by atoms with Crippen molar-refractivity contribution in [3.63, 3.8) is 0 Å². The lowest BCUT2D eigenvalue weighted by atomic mass is 10.1. The smallest absolute Gasteiger partial charge is 0.306 e. The molecule has 6 nitrogen and oxygen atoms in total. The highest BCUT2D eigenvalue weighted by Gasteiger charge is 2.12. The Kier molecular flexibility index (Phi) is 7.10. The van der Waals surface area contributed by atoms with Crippen LogP contribution in [-0.4, -0.2) is 32.7 Å². The number of halogens is 2. The number of ether oxygens (including phenoxy) is 3.